The van der Waals surface area contributed by atoms with Gasteiger partial charge in [-0.05, 0) is 36.4 Å². The number of para-hydroxylation sites is 1. The van der Waals surface area contributed by atoms with Crippen molar-refractivity contribution in [1.29, 1.82) is 0 Å². The van der Waals surface area contributed by atoms with E-state index in [0.717, 1.165) is 0 Å². The minimum Gasteiger partial charge on any atom is -0.456 e. The van der Waals surface area contributed by atoms with Crippen LogP contribution in [0.5, 0.6) is 11.5 Å². The zero-order valence-electron chi connectivity index (χ0n) is 11.8. The van der Waals surface area contributed by atoms with Gasteiger partial charge in [0.25, 0.3) is 5.91 Å². The summed E-state index contributed by atoms with van der Waals surface area (Å²) in [6.07, 6.45) is 0. The van der Waals surface area contributed by atoms with Crippen molar-refractivity contribution in [3.8, 4) is 11.5 Å². The van der Waals surface area contributed by atoms with Crippen LogP contribution in [0.2, 0.25) is 5.02 Å². The maximum atomic E-state index is 11.5. The molecule has 0 aromatic heterocycles. The van der Waals surface area contributed by atoms with Crippen LogP contribution in [0.15, 0.2) is 48.5 Å². The largest absolute Gasteiger partial charge is 0.456 e. The van der Waals surface area contributed by atoms with Crippen LogP contribution in [0, 0.1) is 0 Å². The van der Waals surface area contributed by atoms with Crippen LogP contribution >= 0.6 is 11.6 Å². The molecule has 0 aliphatic carbocycles. The lowest BCUT2D eigenvalue weighted by Gasteiger charge is -2.09. The Hall–Kier alpha value is -2.53. The molecule has 0 bridgehead atoms. The number of rotatable bonds is 5. The Morgan fingerprint density at radius 3 is 2.41 bits per heavy atom. The summed E-state index contributed by atoms with van der Waals surface area (Å²) < 4.78 is 10.2. The van der Waals surface area contributed by atoms with Gasteiger partial charge in [0.1, 0.15) is 11.5 Å². The minimum absolute atomic E-state index is 0.312. The van der Waals surface area contributed by atoms with Crippen LogP contribution in [0.1, 0.15) is 6.92 Å². The molecule has 1 N–H and O–H groups in total. The molecule has 0 saturated heterocycles. The topological polar surface area (TPSA) is 64.6 Å². The molecule has 2 aromatic carbocycles. The minimum atomic E-state index is -0.501. The average Bonchev–Trinajstić information content (AvgIpc) is 2.49. The van der Waals surface area contributed by atoms with Gasteiger partial charge >= 0.3 is 5.97 Å². The Bertz CT molecular complexity index is 670. The molecular formula is C16H14ClNO4. The molecule has 0 saturated carbocycles. The fourth-order valence-corrected chi connectivity index (χ4v) is 1.80. The summed E-state index contributed by atoms with van der Waals surface area (Å²) in [5.74, 6) is 0.232. The van der Waals surface area contributed by atoms with Gasteiger partial charge in [-0.2, -0.15) is 0 Å². The summed E-state index contributed by atoms with van der Waals surface area (Å²) >= 11 is 6.01. The molecule has 0 atom stereocenters. The quantitative estimate of drug-likeness (QED) is 0.855. The lowest BCUT2D eigenvalue weighted by Crippen LogP contribution is -2.19. The average molecular weight is 320 g/mol. The molecule has 1 amide bonds. The van der Waals surface area contributed by atoms with Gasteiger partial charge in [0, 0.05) is 12.6 Å². The van der Waals surface area contributed by atoms with E-state index < -0.39 is 11.9 Å². The number of esters is 1. The van der Waals surface area contributed by atoms with Crippen molar-refractivity contribution in [2.24, 2.45) is 0 Å². The molecular weight excluding hydrogens is 306 g/mol. The molecule has 0 aliphatic rings. The molecule has 5 nitrogen and oxygen atoms in total. The summed E-state index contributed by atoms with van der Waals surface area (Å²) in [5.41, 5.74) is 0.573. The van der Waals surface area contributed by atoms with Crippen LogP contribution in [0.4, 0.5) is 5.69 Å². The second-order valence-corrected chi connectivity index (χ2v) is 4.79. The van der Waals surface area contributed by atoms with Crippen molar-refractivity contribution in [3.63, 3.8) is 0 Å². The van der Waals surface area contributed by atoms with Gasteiger partial charge in [-0.3, -0.25) is 9.59 Å². The number of anilines is 1. The summed E-state index contributed by atoms with van der Waals surface area (Å²) in [7, 11) is 0. The lowest BCUT2D eigenvalue weighted by molar-refractivity contribution is -0.144. The first-order valence-corrected chi connectivity index (χ1v) is 6.88. The highest BCUT2D eigenvalue weighted by Crippen LogP contribution is 2.29. The van der Waals surface area contributed by atoms with E-state index in [0.29, 0.717) is 22.2 Å². The SMILES string of the molecule is CC(=O)OCC(=O)Nc1ccc(Oc2ccccc2Cl)cc1. The van der Waals surface area contributed by atoms with Crippen molar-refractivity contribution in [3.05, 3.63) is 53.6 Å². The highest BCUT2D eigenvalue weighted by Gasteiger charge is 2.06. The predicted octanol–water partition coefficient (Wildman–Crippen LogP) is 3.63. The molecule has 0 heterocycles. The summed E-state index contributed by atoms with van der Waals surface area (Å²) in [6.45, 7) is 0.932. The number of hydrogen-bond donors (Lipinski definition) is 1. The maximum Gasteiger partial charge on any atom is 0.303 e. The van der Waals surface area contributed by atoms with Crippen LogP contribution in [0.25, 0.3) is 0 Å². The first kappa shape index (κ1) is 15.9. The molecule has 2 aromatic rings. The van der Waals surface area contributed by atoms with Gasteiger partial charge in [0.15, 0.2) is 6.61 Å². The Labute approximate surface area is 132 Å². The molecule has 2 rings (SSSR count). The maximum absolute atomic E-state index is 11.5. The third-order valence-electron chi connectivity index (χ3n) is 2.61. The monoisotopic (exact) mass is 319 g/mol. The number of carbonyl (C=O) groups excluding carboxylic acids is 2. The van der Waals surface area contributed by atoms with E-state index in [9.17, 15) is 9.59 Å². The van der Waals surface area contributed by atoms with Crippen molar-refractivity contribution in [1.82, 2.24) is 0 Å². The van der Waals surface area contributed by atoms with E-state index in [2.05, 4.69) is 10.1 Å². The third-order valence-corrected chi connectivity index (χ3v) is 2.92. The van der Waals surface area contributed by atoms with E-state index in [4.69, 9.17) is 16.3 Å². The van der Waals surface area contributed by atoms with Crippen LogP contribution < -0.4 is 10.1 Å². The van der Waals surface area contributed by atoms with Crippen LogP contribution in [0.3, 0.4) is 0 Å². The van der Waals surface area contributed by atoms with Crippen molar-refractivity contribution in [2.75, 3.05) is 11.9 Å². The van der Waals surface area contributed by atoms with Gasteiger partial charge in [-0.15, -0.1) is 0 Å². The summed E-state index contributed by atoms with van der Waals surface area (Å²) in [4.78, 5) is 22.1. The van der Waals surface area contributed by atoms with E-state index in [1.165, 1.54) is 6.92 Å². The van der Waals surface area contributed by atoms with Crippen LogP contribution in [-0.4, -0.2) is 18.5 Å². The Morgan fingerprint density at radius 2 is 1.77 bits per heavy atom. The summed E-state index contributed by atoms with van der Waals surface area (Å²) in [5, 5.41) is 3.12. The number of benzene rings is 2. The molecule has 0 spiro atoms. The molecule has 0 unspecified atom stereocenters. The molecule has 22 heavy (non-hydrogen) atoms. The van der Waals surface area contributed by atoms with E-state index in [1.54, 1.807) is 36.4 Å². The molecule has 0 aliphatic heterocycles. The third kappa shape index (κ3) is 4.79. The number of hydrogen-bond acceptors (Lipinski definition) is 4. The van der Waals surface area contributed by atoms with E-state index in [1.807, 2.05) is 12.1 Å². The van der Waals surface area contributed by atoms with Crippen molar-refractivity contribution >= 4 is 29.2 Å². The molecule has 0 fully saturated rings. The number of amides is 1. The van der Waals surface area contributed by atoms with Gasteiger partial charge in [0.05, 0.1) is 5.02 Å². The summed E-state index contributed by atoms with van der Waals surface area (Å²) in [6, 6.07) is 13.9. The highest BCUT2D eigenvalue weighted by molar-refractivity contribution is 6.32. The van der Waals surface area contributed by atoms with E-state index >= 15 is 0 Å². The first-order chi connectivity index (χ1) is 10.5. The normalized spacial score (nSPS) is 9.91. The molecule has 114 valence electrons. The Morgan fingerprint density at radius 1 is 1.09 bits per heavy atom. The fraction of sp³-hybridized carbons (Fsp3) is 0.125. The predicted molar refractivity (Wildman–Crippen MR) is 83.2 cm³/mol. The Balaban J connectivity index is 1.94. The number of ether oxygens (including phenoxy) is 2. The molecule has 0 radical (unpaired) electrons. The number of carbonyl (C=O) groups is 2. The second-order valence-electron chi connectivity index (χ2n) is 4.39. The van der Waals surface area contributed by atoms with E-state index in [-0.39, 0.29) is 6.61 Å². The Kier molecular flexibility index (Phi) is 5.38. The fourth-order valence-electron chi connectivity index (χ4n) is 1.63. The zero-order chi connectivity index (χ0) is 15.9. The van der Waals surface area contributed by atoms with Crippen molar-refractivity contribution < 1.29 is 19.1 Å². The van der Waals surface area contributed by atoms with Crippen molar-refractivity contribution in [2.45, 2.75) is 6.92 Å². The van der Waals surface area contributed by atoms with Gasteiger partial charge < -0.3 is 14.8 Å². The zero-order valence-corrected chi connectivity index (χ0v) is 12.6. The second kappa shape index (κ2) is 7.47. The molecule has 6 heteroatoms. The smallest absolute Gasteiger partial charge is 0.303 e. The van der Waals surface area contributed by atoms with Crippen LogP contribution in [-0.2, 0) is 14.3 Å². The first-order valence-electron chi connectivity index (χ1n) is 6.50. The van der Waals surface area contributed by atoms with Gasteiger partial charge in [-0.25, -0.2) is 0 Å². The highest BCUT2D eigenvalue weighted by atomic mass is 35.5. The number of nitrogens with one attached hydrogen (secondary N) is 1. The lowest BCUT2D eigenvalue weighted by atomic mass is 10.3. The van der Waals surface area contributed by atoms with Gasteiger partial charge in [-0.1, -0.05) is 23.7 Å². The van der Waals surface area contributed by atoms with Gasteiger partial charge in [0.2, 0.25) is 0 Å². The number of halogens is 1. The standard InChI is InChI=1S/C16H14ClNO4/c1-11(19)21-10-16(20)18-12-6-8-13(9-7-12)22-15-5-3-2-4-14(15)17/h2-9H,10H2,1H3,(H,18,20).